The molecule has 0 bridgehead atoms. The molecule has 1 saturated heterocycles. The quantitative estimate of drug-likeness (QED) is 0.435. The van der Waals surface area contributed by atoms with E-state index in [9.17, 15) is 9.59 Å². The average molecular weight is 179 g/mol. The summed E-state index contributed by atoms with van der Waals surface area (Å²) in [6.07, 6.45) is 4.03. The van der Waals surface area contributed by atoms with Crippen LogP contribution in [0.3, 0.4) is 0 Å². The first-order chi connectivity index (χ1) is 6.13. The second-order valence-electron chi connectivity index (χ2n) is 3.29. The number of nitrogens with zero attached hydrogens (tertiary/aromatic N) is 1. The fourth-order valence-electron chi connectivity index (χ4n) is 1.84. The highest BCUT2D eigenvalue weighted by Gasteiger charge is 2.48. The Morgan fingerprint density at radius 3 is 2.77 bits per heavy atom. The van der Waals surface area contributed by atoms with Gasteiger partial charge in [-0.3, -0.25) is 14.8 Å². The minimum Gasteiger partial charge on any atom is -0.278 e. The summed E-state index contributed by atoms with van der Waals surface area (Å²) in [5.74, 6) is -2.04. The predicted octanol–water partition coefficient (Wildman–Crippen LogP) is 0.493. The van der Waals surface area contributed by atoms with Crippen LogP contribution in [0.1, 0.15) is 6.42 Å². The lowest BCUT2D eigenvalue weighted by atomic mass is 9.82. The number of hydroxylamine groups is 2. The molecular weight excluding hydrogens is 170 g/mol. The number of imide groups is 1. The number of fused-ring (bicyclic) bond motifs is 1. The SMILES string of the molecule is C=C1C=CCC2C(=O)N(O)C(=O)C12. The Bertz CT molecular complexity index is 332. The number of carbonyl (C=O) groups excluding carboxylic acids is 2. The molecule has 2 aliphatic rings. The summed E-state index contributed by atoms with van der Waals surface area (Å²) in [6, 6.07) is 0. The first kappa shape index (κ1) is 8.19. The van der Waals surface area contributed by atoms with Gasteiger partial charge in [-0.15, -0.1) is 0 Å². The second-order valence-corrected chi connectivity index (χ2v) is 3.29. The van der Waals surface area contributed by atoms with Crippen molar-refractivity contribution in [2.75, 3.05) is 0 Å². The van der Waals surface area contributed by atoms with Crippen LogP contribution < -0.4 is 0 Å². The molecule has 1 N–H and O–H groups in total. The maximum Gasteiger partial charge on any atom is 0.261 e. The van der Waals surface area contributed by atoms with Crippen molar-refractivity contribution in [1.82, 2.24) is 5.06 Å². The molecule has 2 atom stereocenters. The third-order valence-electron chi connectivity index (χ3n) is 2.52. The topological polar surface area (TPSA) is 57.6 Å². The molecule has 0 aromatic carbocycles. The van der Waals surface area contributed by atoms with Crippen LogP contribution in [0.4, 0.5) is 0 Å². The monoisotopic (exact) mass is 179 g/mol. The molecular formula is C9H9NO3. The Morgan fingerprint density at radius 1 is 1.46 bits per heavy atom. The summed E-state index contributed by atoms with van der Waals surface area (Å²) in [4.78, 5) is 22.6. The average Bonchev–Trinajstić information content (AvgIpc) is 2.33. The van der Waals surface area contributed by atoms with E-state index in [2.05, 4.69) is 6.58 Å². The molecule has 0 radical (unpaired) electrons. The van der Waals surface area contributed by atoms with Gasteiger partial charge in [-0.05, 0) is 12.0 Å². The number of allylic oxidation sites excluding steroid dienone is 2. The Hall–Kier alpha value is -1.42. The van der Waals surface area contributed by atoms with E-state index in [-0.39, 0.29) is 5.06 Å². The van der Waals surface area contributed by atoms with E-state index >= 15 is 0 Å². The van der Waals surface area contributed by atoms with Gasteiger partial charge in [-0.2, -0.15) is 5.06 Å². The van der Waals surface area contributed by atoms with Gasteiger partial charge in [0, 0.05) is 0 Å². The summed E-state index contributed by atoms with van der Waals surface area (Å²) in [5.41, 5.74) is 0.603. The summed E-state index contributed by atoms with van der Waals surface area (Å²) < 4.78 is 0. The number of amides is 2. The Balaban J connectivity index is 2.42. The summed E-state index contributed by atoms with van der Waals surface area (Å²) in [6.45, 7) is 3.68. The van der Waals surface area contributed by atoms with Crippen molar-refractivity contribution in [1.29, 1.82) is 0 Å². The van der Waals surface area contributed by atoms with E-state index < -0.39 is 23.7 Å². The van der Waals surface area contributed by atoms with Crippen molar-refractivity contribution in [2.24, 2.45) is 11.8 Å². The van der Waals surface area contributed by atoms with Gasteiger partial charge in [0.25, 0.3) is 11.8 Å². The molecule has 1 fully saturated rings. The zero-order chi connectivity index (χ0) is 9.59. The maximum atomic E-state index is 11.3. The molecule has 0 aromatic heterocycles. The van der Waals surface area contributed by atoms with Crippen molar-refractivity contribution in [3.8, 4) is 0 Å². The molecule has 4 heteroatoms. The van der Waals surface area contributed by atoms with Crippen molar-refractivity contribution >= 4 is 11.8 Å². The summed E-state index contributed by atoms with van der Waals surface area (Å²) in [5, 5.41) is 9.30. The van der Waals surface area contributed by atoms with Gasteiger partial charge >= 0.3 is 0 Å². The minimum absolute atomic E-state index is 0.216. The molecule has 0 aromatic rings. The molecule has 0 spiro atoms. The third-order valence-corrected chi connectivity index (χ3v) is 2.52. The molecule has 0 saturated carbocycles. The van der Waals surface area contributed by atoms with Crippen LogP contribution in [-0.2, 0) is 9.59 Å². The van der Waals surface area contributed by atoms with E-state index in [1.54, 1.807) is 12.2 Å². The molecule has 1 aliphatic carbocycles. The maximum absolute atomic E-state index is 11.3. The van der Waals surface area contributed by atoms with Crippen LogP contribution in [0.5, 0.6) is 0 Å². The standard InChI is InChI=1S/C9H9NO3/c1-5-3-2-4-6-7(5)9(12)10(13)8(6)11/h2-3,6-7,13H,1,4H2. The van der Waals surface area contributed by atoms with Gasteiger partial charge in [0.05, 0.1) is 11.8 Å². The predicted molar refractivity (Wildman–Crippen MR) is 43.5 cm³/mol. The molecule has 2 unspecified atom stereocenters. The van der Waals surface area contributed by atoms with Crippen molar-refractivity contribution in [3.63, 3.8) is 0 Å². The van der Waals surface area contributed by atoms with Crippen molar-refractivity contribution in [2.45, 2.75) is 6.42 Å². The lowest BCUT2D eigenvalue weighted by Gasteiger charge is -2.17. The molecule has 1 aliphatic heterocycles. The van der Waals surface area contributed by atoms with Gasteiger partial charge in [-0.25, -0.2) is 0 Å². The van der Waals surface area contributed by atoms with Gasteiger partial charge in [-0.1, -0.05) is 18.7 Å². The highest BCUT2D eigenvalue weighted by atomic mass is 16.5. The van der Waals surface area contributed by atoms with Crippen molar-refractivity contribution < 1.29 is 14.8 Å². The van der Waals surface area contributed by atoms with Crippen LogP contribution in [0.15, 0.2) is 24.3 Å². The van der Waals surface area contributed by atoms with E-state index in [1.165, 1.54) is 0 Å². The van der Waals surface area contributed by atoms with Crippen LogP contribution in [0.25, 0.3) is 0 Å². The van der Waals surface area contributed by atoms with E-state index in [0.29, 0.717) is 12.0 Å². The zero-order valence-electron chi connectivity index (χ0n) is 6.93. The smallest absolute Gasteiger partial charge is 0.261 e. The van der Waals surface area contributed by atoms with Crippen LogP contribution in [0.2, 0.25) is 0 Å². The van der Waals surface area contributed by atoms with Crippen LogP contribution in [0, 0.1) is 11.8 Å². The van der Waals surface area contributed by atoms with Gasteiger partial charge in [0.1, 0.15) is 0 Å². The van der Waals surface area contributed by atoms with Gasteiger partial charge in [0.15, 0.2) is 0 Å². The fraction of sp³-hybridized carbons (Fsp3) is 0.333. The first-order valence-corrected chi connectivity index (χ1v) is 4.05. The molecule has 68 valence electrons. The Kier molecular flexibility index (Phi) is 1.60. The zero-order valence-corrected chi connectivity index (χ0v) is 6.93. The van der Waals surface area contributed by atoms with Gasteiger partial charge in [0.2, 0.25) is 0 Å². The number of hydrogen-bond donors (Lipinski definition) is 1. The molecule has 13 heavy (non-hydrogen) atoms. The molecule has 1 heterocycles. The highest BCUT2D eigenvalue weighted by molar-refractivity contribution is 6.05. The number of hydrogen-bond acceptors (Lipinski definition) is 3. The molecule has 2 amide bonds. The second kappa shape index (κ2) is 2.53. The lowest BCUT2D eigenvalue weighted by Crippen LogP contribution is -2.26. The normalized spacial score (nSPS) is 32.7. The first-order valence-electron chi connectivity index (χ1n) is 4.05. The van der Waals surface area contributed by atoms with Crippen LogP contribution >= 0.6 is 0 Å². The molecule has 4 nitrogen and oxygen atoms in total. The number of carbonyl (C=O) groups is 2. The summed E-state index contributed by atoms with van der Waals surface area (Å²) in [7, 11) is 0. The minimum atomic E-state index is -0.552. The van der Waals surface area contributed by atoms with Gasteiger partial charge < -0.3 is 0 Å². The molecule has 2 rings (SSSR count). The highest BCUT2D eigenvalue weighted by Crippen LogP contribution is 2.36. The Labute approximate surface area is 75.1 Å². The fourth-order valence-corrected chi connectivity index (χ4v) is 1.84. The van der Waals surface area contributed by atoms with Crippen molar-refractivity contribution in [3.05, 3.63) is 24.3 Å². The van der Waals surface area contributed by atoms with E-state index in [0.717, 1.165) is 0 Å². The third kappa shape index (κ3) is 0.954. The van der Waals surface area contributed by atoms with E-state index in [4.69, 9.17) is 5.21 Å². The summed E-state index contributed by atoms with van der Waals surface area (Å²) >= 11 is 0. The van der Waals surface area contributed by atoms with E-state index in [1.807, 2.05) is 0 Å². The number of rotatable bonds is 0. The van der Waals surface area contributed by atoms with Crippen LogP contribution in [-0.4, -0.2) is 22.1 Å². The largest absolute Gasteiger partial charge is 0.278 e. The lowest BCUT2D eigenvalue weighted by molar-refractivity contribution is -0.172. The Morgan fingerprint density at radius 2 is 2.15 bits per heavy atom.